The monoisotopic (exact) mass is 602 g/mol. The van der Waals surface area contributed by atoms with Gasteiger partial charge in [-0.05, 0) is 71.8 Å². The number of nitrogens with zero attached hydrogens (tertiary/aromatic N) is 2. The Labute approximate surface area is 263 Å². The summed E-state index contributed by atoms with van der Waals surface area (Å²) in [7, 11) is 0. The van der Waals surface area contributed by atoms with E-state index < -0.39 is 0 Å². The van der Waals surface area contributed by atoms with Gasteiger partial charge in [0, 0.05) is 22.2 Å². The third-order valence-corrected chi connectivity index (χ3v) is 7.87. The fourth-order valence-corrected chi connectivity index (χ4v) is 5.08. The number of carbonyl (C=O) groups is 2. The molecule has 0 fully saturated rings. The number of hydrogen-bond acceptors (Lipinski definition) is 4. The van der Waals surface area contributed by atoms with Crippen LogP contribution in [0, 0.1) is 0 Å². The van der Waals surface area contributed by atoms with Crippen molar-refractivity contribution >= 4 is 45.7 Å². The number of amides is 2. The van der Waals surface area contributed by atoms with Crippen molar-refractivity contribution in [2.45, 2.75) is 46.5 Å². The van der Waals surface area contributed by atoms with E-state index in [4.69, 9.17) is 16.6 Å². The number of nitrogens with one attached hydrogen (secondary N) is 2. The van der Waals surface area contributed by atoms with Crippen molar-refractivity contribution in [3.63, 3.8) is 0 Å². The number of carbonyl (C=O) groups excluding carboxylic acids is 2. The van der Waals surface area contributed by atoms with Crippen LogP contribution in [0.1, 0.15) is 72.0 Å². The third-order valence-electron chi connectivity index (χ3n) is 7.57. The number of rotatable bonds is 7. The maximum atomic E-state index is 13.5. The van der Waals surface area contributed by atoms with E-state index in [1.165, 1.54) is 5.56 Å². The number of hydrogen-bond donors (Lipinski definition) is 2. The van der Waals surface area contributed by atoms with Crippen LogP contribution < -0.4 is 10.7 Å². The molecule has 5 rings (SSSR count). The summed E-state index contributed by atoms with van der Waals surface area (Å²) in [4.78, 5) is 31.2. The van der Waals surface area contributed by atoms with E-state index in [9.17, 15) is 9.59 Å². The maximum absolute atomic E-state index is 13.5. The van der Waals surface area contributed by atoms with Gasteiger partial charge in [-0.25, -0.2) is 10.4 Å². The molecule has 6 nitrogen and oxygen atoms in total. The second-order valence-electron chi connectivity index (χ2n) is 11.7. The molecule has 2 N–H and O–H groups in total. The largest absolute Gasteiger partial charge is 0.322 e. The minimum atomic E-state index is -0.381. The van der Waals surface area contributed by atoms with E-state index in [1.807, 2.05) is 66.7 Å². The second kappa shape index (κ2) is 12.8. The molecule has 1 aromatic heterocycles. The minimum absolute atomic E-state index is 0.0101. The summed E-state index contributed by atoms with van der Waals surface area (Å²) >= 11 is 6.51. The summed E-state index contributed by atoms with van der Waals surface area (Å²) in [6, 6.07) is 30.3. The van der Waals surface area contributed by atoms with Gasteiger partial charge in [-0.15, -0.1) is 0 Å². The summed E-state index contributed by atoms with van der Waals surface area (Å²) in [5.74, 6) is -0.581. The first-order chi connectivity index (χ1) is 21.0. The third kappa shape index (κ3) is 6.87. The van der Waals surface area contributed by atoms with Gasteiger partial charge in [0.25, 0.3) is 11.8 Å². The van der Waals surface area contributed by atoms with Gasteiger partial charge in [0.15, 0.2) is 0 Å². The van der Waals surface area contributed by atoms with Crippen LogP contribution in [0.25, 0.3) is 22.2 Å². The van der Waals surface area contributed by atoms with Crippen LogP contribution in [0.15, 0.2) is 102 Å². The predicted octanol–water partition coefficient (Wildman–Crippen LogP) is 8.82. The number of hydrazone groups is 1. The molecule has 2 amide bonds. The first-order valence-corrected chi connectivity index (χ1v) is 15.0. The smallest absolute Gasteiger partial charge is 0.272 e. The zero-order valence-electron chi connectivity index (χ0n) is 25.5. The van der Waals surface area contributed by atoms with Crippen LogP contribution in [0.3, 0.4) is 0 Å². The van der Waals surface area contributed by atoms with Crippen LogP contribution in [-0.4, -0.2) is 22.5 Å². The fourth-order valence-electron chi connectivity index (χ4n) is 4.87. The molecule has 0 saturated heterocycles. The van der Waals surface area contributed by atoms with Gasteiger partial charge in [-0.2, -0.15) is 5.10 Å². The molecule has 222 valence electrons. The van der Waals surface area contributed by atoms with Crippen molar-refractivity contribution in [3.8, 4) is 11.3 Å². The topological polar surface area (TPSA) is 83.5 Å². The Morgan fingerprint density at radius 3 is 2.23 bits per heavy atom. The Hall–Kier alpha value is -4.81. The standard InChI is InChI=1S/C37H35ClN4O2/c1-6-24-13-15-25(16-14-24)33-22-31(30-11-8-12-32(38)34(30)40-33)36(44)42-41-23(2)27-9-7-10-29(21-27)39-35(43)26-17-19-28(20-18-26)37(3,4)5/h7-22H,6H2,1-5H3,(H,39,43)(H,42,44)/b41-23+. The van der Waals surface area contributed by atoms with E-state index in [-0.39, 0.29) is 17.2 Å². The Balaban J connectivity index is 1.36. The van der Waals surface area contributed by atoms with Crippen molar-refractivity contribution in [2.75, 3.05) is 5.32 Å². The zero-order valence-corrected chi connectivity index (χ0v) is 26.3. The Morgan fingerprint density at radius 2 is 1.55 bits per heavy atom. The van der Waals surface area contributed by atoms with Gasteiger partial charge < -0.3 is 5.32 Å². The zero-order chi connectivity index (χ0) is 31.4. The normalized spacial score (nSPS) is 11.8. The minimum Gasteiger partial charge on any atom is -0.322 e. The lowest BCUT2D eigenvalue weighted by Gasteiger charge is -2.19. The van der Waals surface area contributed by atoms with Crippen molar-refractivity contribution in [2.24, 2.45) is 5.10 Å². The summed E-state index contributed by atoms with van der Waals surface area (Å²) < 4.78 is 0. The number of anilines is 1. The molecule has 0 spiro atoms. The maximum Gasteiger partial charge on any atom is 0.272 e. The molecule has 5 aromatic rings. The molecule has 0 unspecified atom stereocenters. The number of fused-ring (bicyclic) bond motifs is 1. The fraction of sp³-hybridized carbons (Fsp3) is 0.189. The van der Waals surface area contributed by atoms with Crippen molar-refractivity contribution in [1.29, 1.82) is 0 Å². The average Bonchev–Trinajstić information content (AvgIpc) is 3.03. The van der Waals surface area contributed by atoms with Gasteiger partial charge in [-0.3, -0.25) is 9.59 Å². The molecule has 0 aliphatic carbocycles. The average molecular weight is 603 g/mol. The second-order valence-corrected chi connectivity index (χ2v) is 12.1. The van der Waals surface area contributed by atoms with Crippen LogP contribution in [0.5, 0.6) is 0 Å². The lowest BCUT2D eigenvalue weighted by Crippen LogP contribution is -2.20. The van der Waals surface area contributed by atoms with E-state index in [0.29, 0.717) is 44.1 Å². The number of aromatic nitrogens is 1. The number of aryl methyl sites for hydroxylation is 1. The first-order valence-electron chi connectivity index (χ1n) is 14.6. The highest BCUT2D eigenvalue weighted by Crippen LogP contribution is 2.29. The Kier molecular flexibility index (Phi) is 8.93. The van der Waals surface area contributed by atoms with Crippen molar-refractivity contribution < 1.29 is 9.59 Å². The van der Waals surface area contributed by atoms with Crippen LogP contribution in [0.2, 0.25) is 5.02 Å². The Morgan fingerprint density at radius 1 is 0.841 bits per heavy atom. The quantitative estimate of drug-likeness (QED) is 0.144. The molecule has 7 heteroatoms. The summed E-state index contributed by atoms with van der Waals surface area (Å²) in [5.41, 5.74) is 10.1. The molecule has 44 heavy (non-hydrogen) atoms. The highest BCUT2D eigenvalue weighted by molar-refractivity contribution is 6.35. The first kappa shape index (κ1) is 30.6. The molecule has 0 bridgehead atoms. The Bertz CT molecular complexity index is 1870. The highest BCUT2D eigenvalue weighted by Gasteiger charge is 2.17. The van der Waals surface area contributed by atoms with Crippen molar-refractivity contribution in [3.05, 3.63) is 130 Å². The van der Waals surface area contributed by atoms with Gasteiger partial charge in [0.05, 0.1) is 27.5 Å². The van der Waals surface area contributed by atoms with Crippen molar-refractivity contribution in [1.82, 2.24) is 10.4 Å². The lowest BCUT2D eigenvalue weighted by molar-refractivity contribution is 0.0955. The molecule has 0 aliphatic heterocycles. The summed E-state index contributed by atoms with van der Waals surface area (Å²) in [5, 5.41) is 8.44. The molecular weight excluding hydrogens is 568 g/mol. The predicted molar refractivity (Wildman–Crippen MR) is 181 cm³/mol. The SMILES string of the molecule is CCc1ccc(-c2cc(C(=O)N/N=C(\C)c3cccc(NC(=O)c4ccc(C(C)(C)C)cc4)c3)c3cccc(Cl)c3n2)cc1. The highest BCUT2D eigenvalue weighted by atomic mass is 35.5. The molecule has 0 aliphatic rings. The molecule has 1 heterocycles. The molecule has 4 aromatic carbocycles. The van der Waals surface area contributed by atoms with Gasteiger partial charge in [0.1, 0.15) is 0 Å². The van der Waals surface area contributed by atoms with E-state index in [0.717, 1.165) is 23.1 Å². The van der Waals surface area contributed by atoms with Crippen LogP contribution in [-0.2, 0) is 11.8 Å². The van der Waals surface area contributed by atoms with Crippen LogP contribution >= 0.6 is 11.6 Å². The number of para-hydroxylation sites is 1. The molecule has 0 saturated carbocycles. The molecule has 0 radical (unpaired) electrons. The van der Waals surface area contributed by atoms with E-state index in [1.54, 1.807) is 25.1 Å². The lowest BCUT2D eigenvalue weighted by atomic mass is 9.87. The van der Waals surface area contributed by atoms with Gasteiger partial charge >= 0.3 is 0 Å². The van der Waals surface area contributed by atoms with E-state index in [2.05, 4.69) is 55.7 Å². The van der Waals surface area contributed by atoms with Gasteiger partial charge in [-0.1, -0.05) is 100.0 Å². The van der Waals surface area contributed by atoms with Gasteiger partial charge in [0.2, 0.25) is 0 Å². The summed E-state index contributed by atoms with van der Waals surface area (Å²) in [6.45, 7) is 10.3. The number of pyridine rings is 1. The number of benzene rings is 4. The molecular formula is C37H35ClN4O2. The molecule has 0 atom stereocenters. The van der Waals surface area contributed by atoms with E-state index >= 15 is 0 Å². The number of halogens is 1. The van der Waals surface area contributed by atoms with Crippen LogP contribution in [0.4, 0.5) is 5.69 Å². The summed E-state index contributed by atoms with van der Waals surface area (Å²) in [6.07, 6.45) is 0.934.